The van der Waals surface area contributed by atoms with E-state index in [-0.39, 0.29) is 12.6 Å². The quantitative estimate of drug-likeness (QED) is 0.590. The second-order valence-corrected chi connectivity index (χ2v) is 2.23. The summed E-state index contributed by atoms with van der Waals surface area (Å²) in [5.74, 6) is 0. The van der Waals surface area contributed by atoms with Gasteiger partial charge in [0.05, 0.1) is 18.3 Å². The summed E-state index contributed by atoms with van der Waals surface area (Å²) in [4.78, 5) is 0. The van der Waals surface area contributed by atoms with E-state index in [1.54, 1.807) is 5.38 Å². The second kappa shape index (κ2) is 2.86. The monoisotopic (exact) mass is 145 g/mol. The molecule has 0 amide bonds. The molecule has 9 heavy (non-hydrogen) atoms. The van der Waals surface area contributed by atoms with Crippen LogP contribution in [0.4, 0.5) is 0 Å². The smallest absolute Gasteiger partial charge is 0.0946 e. The van der Waals surface area contributed by atoms with Crippen molar-refractivity contribution in [3.8, 4) is 0 Å². The topological polar surface area (TPSA) is 72.0 Å². The van der Waals surface area contributed by atoms with Crippen molar-refractivity contribution in [3.63, 3.8) is 0 Å². The SMILES string of the molecule is N[C@H](CO)c1csnn1. The second-order valence-electron chi connectivity index (χ2n) is 1.62. The van der Waals surface area contributed by atoms with Crippen molar-refractivity contribution in [1.82, 2.24) is 9.59 Å². The van der Waals surface area contributed by atoms with E-state index in [0.29, 0.717) is 5.69 Å². The Morgan fingerprint density at radius 2 is 2.67 bits per heavy atom. The molecule has 0 spiro atoms. The van der Waals surface area contributed by atoms with Gasteiger partial charge in [0.1, 0.15) is 0 Å². The lowest BCUT2D eigenvalue weighted by molar-refractivity contribution is 0.266. The van der Waals surface area contributed by atoms with Crippen LogP contribution in [0.3, 0.4) is 0 Å². The van der Waals surface area contributed by atoms with Crippen LogP contribution in [-0.4, -0.2) is 21.3 Å². The van der Waals surface area contributed by atoms with E-state index in [2.05, 4.69) is 9.59 Å². The predicted molar refractivity (Wildman–Crippen MR) is 33.9 cm³/mol. The fourth-order valence-electron chi connectivity index (χ4n) is 0.427. The highest BCUT2D eigenvalue weighted by molar-refractivity contribution is 7.03. The average molecular weight is 145 g/mol. The summed E-state index contributed by atoms with van der Waals surface area (Å²) >= 11 is 1.23. The van der Waals surface area contributed by atoms with Gasteiger partial charge in [-0.1, -0.05) is 4.49 Å². The molecule has 0 aliphatic carbocycles. The maximum atomic E-state index is 8.52. The number of rotatable bonds is 2. The third kappa shape index (κ3) is 1.44. The van der Waals surface area contributed by atoms with Gasteiger partial charge < -0.3 is 10.8 Å². The summed E-state index contributed by atoms with van der Waals surface area (Å²) < 4.78 is 3.59. The van der Waals surface area contributed by atoms with E-state index in [4.69, 9.17) is 10.8 Å². The van der Waals surface area contributed by atoms with Gasteiger partial charge >= 0.3 is 0 Å². The van der Waals surface area contributed by atoms with Crippen molar-refractivity contribution in [2.75, 3.05) is 6.61 Å². The van der Waals surface area contributed by atoms with Gasteiger partial charge in [0.2, 0.25) is 0 Å². The Labute approximate surface area is 56.5 Å². The molecule has 0 unspecified atom stereocenters. The summed E-state index contributed by atoms with van der Waals surface area (Å²) in [6.45, 7) is -0.0780. The van der Waals surface area contributed by atoms with E-state index in [9.17, 15) is 0 Å². The zero-order valence-corrected chi connectivity index (χ0v) is 5.51. The molecule has 4 nitrogen and oxygen atoms in total. The molecule has 0 bridgehead atoms. The molecule has 1 aromatic rings. The molecule has 0 aliphatic rings. The molecular weight excluding hydrogens is 138 g/mol. The summed E-state index contributed by atoms with van der Waals surface area (Å²) in [6, 6.07) is -0.372. The van der Waals surface area contributed by atoms with E-state index < -0.39 is 0 Å². The van der Waals surface area contributed by atoms with Crippen LogP contribution in [0.1, 0.15) is 11.7 Å². The van der Waals surface area contributed by atoms with Gasteiger partial charge in [0.25, 0.3) is 0 Å². The zero-order valence-electron chi connectivity index (χ0n) is 4.69. The summed E-state index contributed by atoms with van der Waals surface area (Å²) in [6.07, 6.45) is 0. The number of aliphatic hydroxyl groups is 1. The Bertz CT molecular complexity index is 164. The number of aliphatic hydroxyl groups excluding tert-OH is 1. The first-order chi connectivity index (χ1) is 4.34. The molecule has 1 atom stereocenters. The first-order valence-electron chi connectivity index (χ1n) is 2.48. The number of aromatic nitrogens is 2. The molecule has 50 valence electrons. The van der Waals surface area contributed by atoms with Crippen LogP contribution in [0.15, 0.2) is 5.38 Å². The van der Waals surface area contributed by atoms with Crippen LogP contribution < -0.4 is 5.73 Å². The minimum absolute atomic E-state index is 0.0780. The lowest BCUT2D eigenvalue weighted by Crippen LogP contribution is -2.14. The number of nitrogens with zero attached hydrogens (tertiary/aromatic N) is 2. The minimum Gasteiger partial charge on any atom is -0.394 e. The molecule has 5 heteroatoms. The summed E-state index contributed by atoms with van der Waals surface area (Å²) in [5, 5.41) is 13.9. The van der Waals surface area contributed by atoms with Crippen molar-refractivity contribution in [2.45, 2.75) is 6.04 Å². The first-order valence-corrected chi connectivity index (χ1v) is 3.31. The number of nitrogens with two attached hydrogens (primary N) is 1. The van der Waals surface area contributed by atoms with E-state index in [1.165, 1.54) is 11.5 Å². The van der Waals surface area contributed by atoms with Crippen molar-refractivity contribution in [3.05, 3.63) is 11.1 Å². The van der Waals surface area contributed by atoms with Crippen LogP contribution >= 0.6 is 11.5 Å². The van der Waals surface area contributed by atoms with Crippen LogP contribution in [0.25, 0.3) is 0 Å². The third-order valence-electron chi connectivity index (χ3n) is 0.953. The maximum Gasteiger partial charge on any atom is 0.0946 e. The summed E-state index contributed by atoms with van der Waals surface area (Å²) in [5.41, 5.74) is 6.05. The Balaban J connectivity index is 2.65. The summed E-state index contributed by atoms with van der Waals surface area (Å²) in [7, 11) is 0. The van der Waals surface area contributed by atoms with Gasteiger partial charge in [-0.05, 0) is 11.5 Å². The molecule has 1 rings (SSSR count). The van der Waals surface area contributed by atoms with Crippen LogP contribution in [-0.2, 0) is 0 Å². The third-order valence-corrected chi connectivity index (χ3v) is 1.48. The largest absolute Gasteiger partial charge is 0.394 e. The molecule has 1 heterocycles. The van der Waals surface area contributed by atoms with E-state index >= 15 is 0 Å². The van der Waals surface area contributed by atoms with Crippen molar-refractivity contribution in [2.24, 2.45) is 5.73 Å². The Morgan fingerprint density at radius 1 is 1.89 bits per heavy atom. The van der Waals surface area contributed by atoms with Crippen LogP contribution in [0.2, 0.25) is 0 Å². The standard InChI is InChI=1S/C4H7N3OS/c5-3(1-8)4-2-9-7-6-4/h2-3,8H,1,5H2/t3-/m1/s1. The number of hydrogen-bond donors (Lipinski definition) is 2. The molecule has 1 aromatic heterocycles. The van der Waals surface area contributed by atoms with Crippen molar-refractivity contribution in [1.29, 1.82) is 0 Å². The Morgan fingerprint density at radius 3 is 3.11 bits per heavy atom. The molecule has 0 aliphatic heterocycles. The lowest BCUT2D eigenvalue weighted by atomic mass is 10.3. The highest BCUT2D eigenvalue weighted by Crippen LogP contribution is 2.05. The minimum atomic E-state index is -0.372. The molecule has 3 N–H and O–H groups in total. The Kier molecular flexibility index (Phi) is 2.10. The molecule has 0 fully saturated rings. The lowest BCUT2D eigenvalue weighted by Gasteiger charge is -1.99. The molecule has 0 aromatic carbocycles. The highest BCUT2D eigenvalue weighted by Gasteiger charge is 2.05. The Hall–Kier alpha value is -0.520. The van der Waals surface area contributed by atoms with Gasteiger partial charge in [0, 0.05) is 5.38 Å². The van der Waals surface area contributed by atoms with E-state index in [0.717, 1.165) is 0 Å². The fraction of sp³-hybridized carbons (Fsp3) is 0.500. The van der Waals surface area contributed by atoms with Gasteiger partial charge in [0.15, 0.2) is 0 Å². The fourth-order valence-corrected chi connectivity index (χ4v) is 0.945. The average Bonchev–Trinajstić information content (AvgIpc) is 2.37. The maximum absolute atomic E-state index is 8.52. The molecule has 0 radical (unpaired) electrons. The number of hydrogen-bond acceptors (Lipinski definition) is 5. The van der Waals surface area contributed by atoms with E-state index in [1.807, 2.05) is 0 Å². The normalized spacial score (nSPS) is 13.6. The predicted octanol–water partition coefficient (Wildman–Crippen LogP) is -0.470. The molecule has 0 saturated carbocycles. The van der Waals surface area contributed by atoms with Gasteiger partial charge in [-0.2, -0.15) is 0 Å². The molecule has 0 saturated heterocycles. The van der Waals surface area contributed by atoms with Crippen LogP contribution in [0, 0.1) is 0 Å². The van der Waals surface area contributed by atoms with Gasteiger partial charge in [-0.25, -0.2) is 0 Å². The zero-order chi connectivity index (χ0) is 6.69. The van der Waals surface area contributed by atoms with Crippen molar-refractivity contribution >= 4 is 11.5 Å². The molecular formula is C4H7N3OS. The van der Waals surface area contributed by atoms with Crippen molar-refractivity contribution < 1.29 is 5.11 Å². The van der Waals surface area contributed by atoms with Gasteiger partial charge in [-0.15, -0.1) is 5.10 Å². The van der Waals surface area contributed by atoms with Gasteiger partial charge in [-0.3, -0.25) is 0 Å². The highest BCUT2D eigenvalue weighted by atomic mass is 32.1. The van der Waals surface area contributed by atoms with Crippen LogP contribution in [0.5, 0.6) is 0 Å². The first kappa shape index (κ1) is 6.60.